The van der Waals surface area contributed by atoms with E-state index in [2.05, 4.69) is 40.2 Å². The number of aromatic nitrogens is 1. The molecule has 37 heavy (non-hydrogen) atoms. The molecule has 1 aliphatic rings. The van der Waals surface area contributed by atoms with Crippen LogP contribution in [0.2, 0.25) is 0 Å². The van der Waals surface area contributed by atoms with E-state index in [1.807, 2.05) is 61.7 Å². The number of urea groups is 1. The highest BCUT2D eigenvalue weighted by molar-refractivity contribution is 6.39. The Hall–Kier alpha value is -4.97. The number of fused-ring (bicyclic) bond motifs is 2. The number of nitrogens with one attached hydrogen (secondary N) is 1. The number of anilines is 1. The van der Waals surface area contributed by atoms with E-state index in [4.69, 9.17) is 0 Å². The van der Waals surface area contributed by atoms with E-state index in [0.717, 1.165) is 26.9 Å². The molecule has 6 nitrogen and oxygen atoms in total. The number of carbonyl (C=O) groups excluding carboxylic acids is 3. The minimum absolute atomic E-state index is 0.0871. The molecule has 2 heterocycles. The van der Waals surface area contributed by atoms with Gasteiger partial charge in [0.15, 0.2) is 0 Å². The molecule has 1 fully saturated rings. The highest BCUT2D eigenvalue weighted by Crippen LogP contribution is 2.29. The molecule has 4 aromatic carbocycles. The van der Waals surface area contributed by atoms with Crippen LogP contribution in [-0.2, 0) is 16.1 Å². The number of hydrogen-bond acceptors (Lipinski definition) is 3. The van der Waals surface area contributed by atoms with Gasteiger partial charge < -0.3 is 4.57 Å². The third-order valence-corrected chi connectivity index (χ3v) is 6.80. The molecule has 6 heteroatoms. The first-order chi connectivity index (χ1) is 18.0. The first-order valence-corrected chi connectivity index (χ1v) is 12.0. The Morgan fingerprint density at radius 2 is 1.49 bits per heavy atom. The fraction of sp³-hybridized carbons (Fsp3) is 0.0645. The molecule has 1 saturated heterocycles. The molecule has 0 atom stereocenters. The SMILES string of the molecule is Cc1ccccc1N1C(=O)NC(=O)/C(=C\c2cn(Cc3cccc4ccccc34)c3ccccc23)C1=O. The maximum Gasteiger partial charge on any atom is 0.335 e. The van der Waals surface area contributed by atoms with Crippen molar-refractivity contribution in [1.82, 2.24) is 9.88 Å². The zero-order valence-electron chi connectivity index (χ0n) is 20.1. The van der Waals surface area contributed by atoms with Crippen LogP contribution in [0.1, 0.15) is 16.7 Å². The number of carbonyl (C=O) groups is 3. The lowest BCUT2D eigenvalue weighted by atomic mass is 10.0. The Kier molecular flexibility index (Phi) is 5.42. The van der Waals surface area contributed by atoms with Crippen LogP contribution in [0.5, 0.6) is 0 Å². The molecule has 0 spiro atoms. The topological polar surface area (TPSA) is 71.4 Å². The van der Waals surface area contributed by atoms with Crippen molar-refractivity contribution < 1.29 is 14.4 Å². The molecular weight excluding hydrogens is 462 g/mol. The Balaban J connectivity index is 1.44. The van der Waals surface area contributed by atoms with Gasteiger partial charge in [0.2, 0.25) is 0 Å². The lowest BCUT2D eigenvalue weighted by molar-refractivity contribution is -0.122. The van der Waals surface area contributed by atoms with Gasteiger partial charge in [-0.15, -0.1) is 0 Å². The molecule has 1 aliphatic heterocycles. The van der Waals surface area contributed by atoms with Crippen molar-refractivity contribution in [2.45, 2.75) is 13.5 Å². The Bertz CT molecular complexity index is 1760. The summed E-state index contributed by atoms with van der Waals surface area (Å²) in [5, 5.41) is 5.58. The molecule has 1 aromatic heterocycles. The highest BCUT2D eigenvalue weighted by Gasteiger charge is 2.37. The summed E-state index contributed by atoms with van der Waals surface area (Å²) in [6.07, 6.45) is 3.53. The van der Waals surface area contributed by atoms with Crippen molar-refractivity contribution in [2.24, 2.45) is 0 Å². The zero-order valence-corrected chi connectivity index (χ0v) is 20.1. The van der Waals surface area contributed by atoms with Gasteiger partial charge in [-0.25, -0.2) is 9.69 Å². The predicted molar refractivity (Wildman–Crippen MR) is 145 cm³/mol. The molecule has 0 saturated carbocycles. The number of para-hydroxylation sites is 2. The lowest BCUT2D eigenvalue weighted by Gasteiger charge is -2.27. The Morgan fingerprint density at radius 3 is 2.32 bits per heavy atom. The third-order valence-electron chi connectivity index (χ3n) is 6.80. The molecule has 6 rings (SSSR count). The minimum Gasteiger partial charge on any atom is -0.342 e. The summed E-state index contributed by atoms with van der Waals surface area (Å²) in [5.41, 5.74) is 4.00. The van der Waals surface area contributed by atoms with Crippen LogP contribution >= 0.6 is 0 Å². The minimum atomic E-state index is -0.750. The van der Waals surface area contributed by atoms with Crippen LogP contribution in [0.25, 0.3) is 27.8 Å². The molecule has 0 unspecified atom stereocenters. The van der Waals surface area contributed by atoms with Gasteiger partial charge in [0.05, 0.1) is 5.69 Å². The fourth-order valence-corrected chi connectivity index (χ4v) is 4.98. The number of rotatable bonds is 4. The van der Waals surface area contributed by atoms with Gasteiger partial charge in [-0.2, -0.15) is 0 Å². The van der Waals surface area contributed by atoms with Gasteiger partial charge in [0.1, 0.15) is 5.57 Å². The first kappa shape index (κ1) is 22.5. The number of barbiturate groups is 1. The number of aryl methyl sites for hydroxylation is 1. The van der Waals surface area contributed by atoms with E-state index < -0.39 is 17.8 Å². The van der Waals surface area contributed by atoms with Gasteiger partial charge >= 0.3 is 6.03 Å². The predicted octanol–water partition coefficient (Wildman–Crippen LogP) is 5.82. The van der Waals surface area contributed by atoms with E-state index in [9.17, 15) is 14.4 Å². The van der Waals surface area contributed by atoms with Crippen LogP contribution in [-0.4, -0.2) is 22.4 Å². The van der Waals surface area contributed by atoms with Crippen molar-refractivity contribution >= 4 is 51.3 Å². The van der Waals surface area contributed by atoms with Crippen LogP contribution in [0.4, 0.5) is 10.5 Å². The van der Waals surface area contributed by atoms with E-state index in [-0.39, 0.29) is 5.57 Å². The molecular formula is C31H23N3O3. The number of hydrogen-bond donors (Lipinski definition) is 1. The summed E-state index contributed by atoms with van der Waals surface area (Å²) < 4.78 is 2.12. The van der Waals surface area contributed by atoms with Crippen molar-refractivity contribution in [2.75, 3.05) is 4.90 Å². The number of benzene rings is 4. The molecule has 0 aliphatic carbocycles. The summed E-state index contributed by atoms with van der Waals surface area (Å²) in [7, 11) is 0. The number of amides is 4. The zero-order chi connectivity index (χ0) is 25.5. The van der Waals surface area contributed by atoms with E-state index in [0.29, 0.717) is 12.2 Å². The van der Waals surface area contributed by atoms with Gasteiger partial charge in [-0.05, 0) is 47.0 Å². The van der Waals surface area contributed by atoms with Gasteiger partial charge in [-0.3, -0.25) is 14.9 Å². The van der Waals surface area contributed by atoms with Gasteiger partial charge in [0, 0.05) is 29.2 Å². The molecule has 0 bridgehead atoms. The average Bonchev–Trinajstić information content (AvgIpc) is 3.25. The normalized spacial score (nSPS) is 15.1. The number of imide groups is 2. The van der Waals surface area contributed by atoms with Crippen LogP contribution in [0.3, 0.4) is 0 Å². The summed E-state index contributed by atoms with van der Waals surface area (Å²) in [6, 6.07) is 28.8. The Morgan fingerprint density at radius 1 is 0.784 bits per heavy atom. The monoisotopic (exact) mass is 485 g/mol. The van der Waals surface area contributed by atoms with E-state index >= 15 is 0 Å². The largest absolute Gasteiger partial charge is 0.342 e. The van der Waals surface area contributed by atoms with E-state index in [1.165, 1.54) is 16.3 Å². The molecule has 4 amide bonds. The van der Waals surface area contributed by atoms with Crippen LogP contribution < -0.4 is 10.2 Å². The maximum atomic E-state index is 13.5. The second-order valence-corrected chi connectivity index (χ2v) is 9.11. The number of nitrogens with zero attached hydrogens (tertiary/aromatic N) is 2. The second-order valence-electron chi connectivity index (χ2n) is 9.11. The molecule has 180 valence electrons. The second kappa shape index (κ2) is 8.91. The first-order valence-electron chi connectivity index (χ1n) is 12.0. The van der Waals surface area contributed by atoms with Crippen molar-refractivity contribution in [3.05, 3.63) is 119 Å². The van der Waals surface area contributed by atoms with Crippen LogP contribution in [0, 0.1) is 6.92 Å². The highest BCUT2D eigenvalue weighted by atomic mass is 16.2. The van der Waals surface area contributed by atoms with Gasteiger partial charge in [-0.1, -0.05) is 78.9 Å². The smallest absolute Gasteiger partial charge is 0.335 e. The van der Waals surface area contributed by atoms with Gasteiger partial charge in [0.25, 0.3) is 11.8 Å². The lowest BCUT2D eigenvalue weighted by Crippen LogP contribution is -2.54. The van der Waals surface area contributed by atoms with Crippen molar-refractivity contribution in [3.8, 4) is 0 Å². The van der Waals surface area contributed by atoms with Crippen LogP contribution in [0.15, 0.2) is 103 Å². The summed E-state index contributed by atoms with van der Waals surface area (Å²) in [4.78, 5) is 39.9. The Labute approximate surface area is 213 Å². The summed E-state index contributed by atoms with van der Waals surface area (Å²) in [6.45, 7) is 2.44. The van der Waals surface area contributed by atoms with Crippen molar-refractivity contribution in [3.63, 3.8) is 0 Å². The van der Waals surface area contributed by atoms with E-state index in [1.54, 1.807) is 18.2 Å². The maximum absolute atomic E-state index is 13.5. The standard InChI is InChI=1S/C31H23N3O3/c1-20-9-2-6-15-27(20)34-30(36)26(29(35)32-31(34)37)17-23-19-33(28-16-7-5-14-25(23)28)18-22-12-8-11-21-10-3-4-13-24(21)22/h2-17,19H,18H2,1H3,(H,32,35,37)/b26-17+. The quantitative estimate of drug-likeness (QED) is 0.258. The molecule has 5 aromatic rings. The average molecular weight is 486 g/mol. The van der Waals surface area contributed by atoms with Crippen molar-refractivity contribution in [1.29, 1.82) is 0 Å². The summed E-state index contributed by atoms with van der Waals surface area (Å²) in [5.74, 6) is -1.35. The third kappa shape index (κ3) is 3.89. The molecule has 1 N–H and O–H groups in total. The fourth-order valence-electron chi connectivity index (χ4n) is 4.98. The molecule has 0 radical (unpaired) electrons. The summed E-state index contributed by atoms with van der Waals surface area (Å²) >= 11 is 0.